The molecule has 0 aromatic heterocycles. The van der Waals surface area contributed by atoms with Crippen LogP contribution in [0.2, 0.25) is 0 Å². The smallest absolute Gasteiger partial charge is 0.155 e. The van der Waals surface area contributed by atoms with Gasteiger partial charge in [0.2, 0.25) is 0 Å². The Hall–Kier alpha value is -8.61. The van der Waals surface area contributed by atoms with Crippen molar-refractivity contribution in [1.82, 2.24) is 0 Å². The van der Waals surface area contributed by atoms with E-state index in [-0.39, 0.29) is 0 Å². The van der Waals surface area contributed by atoms with Crippen LogP contribution in [0.25, 0.3) is 11.1 Å². The summed E-state index contributed by atoms with van der Waals surface area (Å²) < 4.78 is 13.8. The Balaban J connectivity index is 1.13. The number of rotatable bonds is 8. The average Bonchev–Trinajstić information content (AvgIpc) is 3.38. The lowest BCUT2D eigenvalue weighted by atomic mass is 9.62. The van der Waals surface area contributed by atoms with Crippen LogP contribution in [0.5, 0.6) is 23.0 Å². The lowest BCUT2D eigenvalue weighted by Gasteiger charge is -2.45. The molecule has 310 valence electrons. The molecular formula is C59H42N4O2. The number of para-hydroxylation sites is 4. The van der Waals surface area contributed by atoms with Crippen LogP contribution in [0.4, 0.5) is 22.7 Å². The highest BCUT2D eigenvalue weighted by atomic mass is 16.5. The van der Waals surface area contributed by atoms with Crippen molar-refractivity contribution in [2.75, 3.05) is 11.9 Å². The summed E-state index contributed by atoms with van der Waals surface area (Å²) in [7, 11) is 1.78. The van der Waals surface area contributed by atoms with Gasteiger partial charge >= 0.3 is 0 Å². The Bertz CT molecular complexity index is 3230. The van der Waals surface area contributed by atoms with Crippen LogP contribution in [0.1, 0.15) is 33.4 Å². The first kappa shape index (κ1) is 39.3. The second-order valence-electron chi connectivity index (χ2n) is 15.9. The number of hydrogen-bond donors (Lipinski definition) is 0. The summed E-state index contributed by atoms with van der Waals surface area (Å²) in [5.74, 6) is 3.62. The van der Waals surface area contributed by atoms with Gasteiger partial charge in [-0.25, -0.2) is 4.99 Å². The van der Waals surface area contributed by atoms with Gasteiger partial charge in [-0.15, -0.1) is 0 Å². The van der Waals surface area contributed by atoms with E-state index >= 15 is 0 Å². The van der Waals surface area contributed by atoms with Crippen LogP contribution < -0.4 is 14.4 Å². The normalized spacial score (nSPS) is 15.0. The standard InChI is InChI=1S/C59H42N4O2/c1-60-58(62-53(42-21-8-3-9-22-42)40-61-45-24-10-4-11-25-45)44-33-35-56-51(38-44)59(49-29-14-16-31-54(49)64-56)50-30-15-17-32-55(50)65-57-36-34-48(39-52(57)59)63(46-26-12-5-13-27-46)47-28-18-23-43(37-47)41-19-6-2-7-20-41/h2-40H,1H3. The number of benzene rings is 9. The zero-order chi connectivity index (χ0) is 43.6. The fraction of sp³-hybridized carbons (Fsp3) is 0.0339. The van der Waals surface area contributed by atoms with E-state index in [9.17, 15) is 0 Å². The van der Waals surface area contributed by atoms with Gasteiger partial charge in [0.25, 0.3) is 0 Å². The van der Waals surface area contributed by atoms with E-state index in [0.717, 1.165) is 90.3 Å². The molecule has 0 N–H and O–H groups in total. The molecule has 0 radical (unpaired) electrons. The van der Waals surface area contributed by atoms with Gasteiger partial charge in [0.1, 0.15) is 23.0 Å². The van der Waals surface area contributed by atoms with Crippen molar-refractivity contribution in [3.05, 3.63) is 264 Å². The van der Waals surface area contributed by atoms with E-state index in [4.69, 9.17) is 24.5 Å². The summed E-state index contributed by atoms with van der Waals surface area (Å²) in [6, 6.07) is 79.4. The molecule has 6 nitrogen and oxygen atoms in total. The van der Waals surface area contributed by atoms with Crippen LogP contribution in [0.3, 0.4) is 0 Å². The number of aliphatic imine (C=N–C) groups is 3. The minimum absolute atomic E-state index is 0.558. The minimum atomic E-state index is -0.881. The van der Waals surface area contributed by atoms with Crippen LogP contribution in [0.15, 0.2) is 245 Å². The molecule has 2 heterocycles. The first-order chi connectivity index (χ1) is 32.2. The summed E-state index contributed by atoms with van der Waals surface area (Å²) >= 11 is 0. The van der Waals surface area contributed by atoms with E-state index in [1.54, 1.807) is 7.05 Å². The maximum absolute atomic E-state index is 6.90. The fourth-order valence-corrected chi connectivity index (χ4v) is 9.19. The van der Waals surface area contributed by atoms with E-state index in [1.807, 2.05) is 85.1 Å². The summed E-state index contributed by atoms with van der Waals surface area (Å²) in [5.41, 5.74) is 11.7. The zero-order valence-electron chi connectivity index (χ0n) is 35.6. The van der Waals surface area contributed by atoms with E-state index in [0.29, 0.717) is 11.5 Å². The summed E-state index contributed by atoms with van der Waals surface area (Å²) in [4.78, 5) is 17.2. The number of amidine groups is 1. The Morgan fingerprint density at radius 3 is 1.63 bits per heavy atom. The van der Waals surface area contributed by atoms with Crippen molar-refractivity contribution in [1.29, 1.82) is 0 Å². The maximum Gasteiger partial charge on any atom is 0.155 e. The highest BCUT2D eigenvalue weighted by Gasteiger charge is 2.51. The zero-order valence-corrected chi connectivity index (χ0v) is 35.6. The lowest BCUT2D eigenvalue weighted by molar-refractivity contribution is 0.399. The number of anilines is 3. The third-order valence-electron chi connectivity index (χ3n) is 12.1. The number of nitrogens with zero attached hydrogens (tertiary/aromatic N) is 4. The molecule has 6 heteroatoms. The van der Waals surface area contributed by atoms with E-state index in [2.05, 4.69) is 157 Å². The van der Waals surface area contributed by atoms with E-state index in [1.165, 1.54) is 0 Å². The van der Waals surface area contributed by atoms with Crippen molar-refractivity contribution >= 4 is 40.5 Å². The van der Waals surface area contributed by atoms with Gasteiger partial charge in [-0.3, -0.25) is 9.98 Å². The van der Waals surface area contributed by atoms with Gasteiger partial charge in [0.15, 0.2) is 5.84 Å². The van der Waals surface area contributed by atoms with Gasteiger partial charge in [0.05, 0.1) is 23.0 Å². The Morgan fingerprint density at radius 2 is 0.954 bits per heavy atom. The number of ether oxygens (including phenoxy) is 2. The number of fused-ring (bicyclic) bond motifs is 8. The van der Waals surface area contributed by atoms with Crippen LogP contribution in [-0.4, -0.2) is 24.8 Å². The highest BCUT2D eigenvalue weighted by Crippen LogP contribution is 2.62. The molecule has 65 heavy (non-hydrogen) atoms. The molecule has 0 fully saturated rings. The SMILES string of the molecule is CN=C(N=C(C=Nc1ccccc1)c1ccccc1)c1ccc2c(c1)C1(c3ccccc3O2)c2ccccc2Oc2ccc(N(c3ccccc3)c3cccc(-c4ccccc4)c3)cc21. The summed E-state index contributed by atoms with van der Waals surface area (Å²) in [6.07, 6.45) is 1.82. The Morgan fingerprint density at radius 1 is 0.431 bits per heavy atom. The molecular weight excluding hydrogens is 797 g/mol. The predicted octanol–water partition coefficient (Wildman–Crippen LogP) is 14.7. The van der Waals surface area contributed by atoms with Crippen molar-refractivity contribution in [3.63, 3.8) is 0 Å². The van der Waals surface area contributed by atoms with Crippen LogP contribution in [-0.2, 0) is 5.41 Å². The quantitative estimate of drug-likeness (QED) is 0.113. The molecule has 9 aromatic rings. The summed E-state index contributed by atoms with van der Waals surface area (Å²) in [6.45, 7) is 0. The third-order valence-corrected chi connectivity index (χ3v) is 12.1. The second-order valence-corrected chi connectivity index (χ2v) is 15.9. The topological polar surface area (TPSA) is 58.8 Å². The predicted molar refractivity (Wildman–Crippen MR) is 265 cm³/mol. The molecule has 11 rings (SSSR count). The van der Waals surface area contributed by atoms with Crippen molar-refractivity contribution in [2.45, 2.75) is 5.41 Å². The first-order valence-electron chi connectivity index (χ1n) is 21.7. The van der Waals surface area contributed by atoms with Crippen molar-refractivity contribution in [3.8, 4) is 34.1 Å². The molecule has 0 saturated carbocycles. The van der Waals surface area contributed by atoms with Gasteiger partial charge < -0.3 is 14.4 Å². The van der Waals surface area contributed by atoms with Gasteiger partial charge in [-0.2, -0.15) is 0 Å². The van der Waals surface area contributed by atoms with Crippen LogP contribution >= 0.6 is 0 Å². The van der Waals surface area contributed by atoms with E-state index < -0.39 is 5.41 Å². The lowest BCUT2D eigenvalue weighted by Crippen LogP contribution is -2.37. The molecule has 0 saturated heterocycles. The first-order valence-corrected chi connectivity index (χ1v) is 21.7. The number of hydrogen-bond acceptors (Lipinski definition) is 5. The fourth-order valence-electron chi connectivity index (χ4n) is 9.19. The minimum Gasteiger partial charge on any atom is -0.457 e. The Kier molecular flexibility index (Phi) is 10.2. The van der Waals surface area contributed by atoms with Crippen LogP contribution in [0, 0.1) is 0 Å². The highest BCUT2D eigenvalue weighted by molar-refractivity contribution is 6.41. The monoisotopic (exact) mass is 838 g/mol. The largest absolute Gasteiger partial charge is 0.457 e. The molecule has 0 amide bonds. The molecule has 1 spiro atoms. The average molecular weight is 839 g/mol. The molecule has 1 unspecified atom stereocenters. The Labute approximate surface area is 378 Å². The van der Waals surface area contributed by atoms with Crippen molar-refractivity contribution < 1.29 is 9.47 Å². The third kappa shape index (κ3) is 7.17. The second kappa shape index (κ2) is 16.9. The molecule has 2 aliphatic heterocycles. The van der Waals surface area contributed by atoms with Gasteiger partial charge in [-0.05, 0) is 96.1 Å². The summed E-state index contributed by atoms with van der Waals surface area (Å²) in [5, 5.41) is 0. The molecule has 0 aliphatic carbocycles. The molecule has 1 atom stereocenters. The van der Waals surface area contributed by atoms with Crippen molar-refractivity contribution in [2.24, 2.45) is 15.0 Å². The molecule has 2 aliphatic rings. The maximum atomic E-state index is 6.90. The molecule has 9 aromatic carbocycles. The molecule has 0 bridgehead atoms. The van der Waals surface area contributed by atoms with Gasteiger partial charge in [0, 0.05) is 57.5 Å². The van der Waals surface area contributed by atoms with Gasteiger partial charge in [-0.1, -0.05) is 146 Å².